The van der Waals surface area contributed by atoms with Crippen LogP contribution in [0.15, 0.2) is 0 Å². The van der Waals surface area contributed by atoms with Crippen LogP contribution in [0.4, 0.5) is 0 Å². The Labute approximate surface area is 111 Å². The quantitative estimate of drug-likeness (QED) is 0.710. The normalized spacial score (nSPS) is 22.7. The summed E-state index contributed by atoms with van der Waals surface area (Å²) in [6.07, 6.45) is 3.53. The zero-order valence-electron chi connectivity index (χ0n) is 11.6. The van der Waals surface area contributed by atoms with Crippen molar-refractivity contribution >= 4 is 17.5 Å². The Bertz CT molecular complexity index is 263. The molecule has 0 aromatic rings. The molecule has 100 valence electrons. The first-order chi connectivity index (χ1) is 7.88. The number of carbonyl (C=O) groups is 1. The Morgan fingerprint density at radius 1 is 1.35 bits per heavy atom. The highest BCUT2D eigenvalue weighted by atomic mass is 35.5. The topological polar surface area (TPSA) is 20.3 Å². The molecule has 0 aliphatic carbocycles. The van der Waals surface area contributed by atoms with Gasteiger partial charge in [0.25, 0.3) is 0 Å². The van der Waals surface area contributed by atoms with E-state index < -0.39 is 5.41 Å². The molecule has 0 N–H and O–H groups in total. The molecule has 1 aliphatic rings. The predicted molar refractivity (Wildman–Crippen MR) is 73.3 cm³/mol. The van der Waals surface area contributed by atoms with Gasteiger partial charge in [0, 0.05) is 19.0 Å². The van der Waals surface area contributed by atoms with E-state index in [0.717, 1.165) is 37.8 Å². The summed E-state index contributed by atoms with van der Waals surface area (Å²) in [5, 5.41) is 0. The van der Waals surface area contributed by atoms with Gasteiger partial charge in [-0.15, -0.1) is 11.6 Å². The Balaban J connectivity index is 2.60. The van der Waals surface area contributed by atoms with Gasteiger partial charge in [-0.25, -0.2) is 0 Å². The largest absolute Gasteiger partial charge is 0.342 e. The van der Waals surface area contributed by atoms with Crippen LogP contribution in [0.3, 0.4) is 0 Å². The molecule has 1 amide bonds. The van der Waals surface area contributed by atoms with E-state index in [0.29, 0.717) is 5.88 Å². The van der Waals surface area contributed by atoms with E-state index in [9.17, 15) is 4.79 Å². The van der Waals surface area contributed by atoms with E-state index in [-0.39, 0.29) is 5.91 Å². The molecule has 2 nitrogen and oxygen atoms in total. The van der Waals surface area contributed by atoms with Crippen LogP contribution in [-0.2, 0) is 4.79 Å². The van der Waals surface area contributed by atoms with Gasteiger partial charge >= 0.3 is 0 Å². The molecule has 1 aliphatic heterocycles. The summed E-state index contributed by atoms with van der Waals surface area (Å²) < 4.78 is 0. The molecule has 0 aromatic carbocycles. The monoisotopic (exact) mass is 259 g/mol. The summed E-state index contributed by atoms with van der Waals surface area (Å²) in [4.78, 5) is 14.3. The minimum absolute atomic E-state index is 0.219. The van der Waals surface area contributed by atoms with Gasteiger partial charge in [0.05, 0.1) is 5.41 Å². The SMILES string of the molecule is CC(C)C1CCCN(C(=O)C(C)(C)CCl)CC1. The third kappa shape index (κ3) is 3.87. The second kappa shape index (κ2) is 6.08. The van der Waals surface area contributed by atoms with E-state index >= 15 is 0 Å². The van der Waals surface area contributed by atoms with Crippen molar-refractivity contribution < 1.29 is 4.79 Å². The lowest BCUT2D eigenvalue weighted by molar-refractivity contribution is -0.139. The fourth-order valence-corrected chi connectivity index (χ4v) is 2.59. The van der Waals surface area contributed by atoms with Crippen molar-refractivity contribution in [1.82, 2.24) is 4.90 Å². The Hall–Kier alpha value is -0.240. The molecule has 3 heteroatoms. The molecule has 1 saturated heterocycles. The summed E-state index contributed by atoms with van der Waals surface area (Å²) in [5.74, 6) is 2.12. The molecular formula is C14H26ClNO. The molecule has 0 radical (unpaired) electrons. The molecule has 1 atom stereocenters. The maximum atomic E-state index is 12.3. The van der Waals surface area contributed by atoms with Crippen LogP contribution in [0.2, 0.25) is 0 Å². The van der Waals surface area contributed by atoms with Crippen molar-refractivity contribution in [3.8, 4) is 0 Å². The van der Waals surface area contributed by atoms with Crippen LogP contribution in [0.1, 0.15) is 47.0 Å². The number of likely N-dealkylation sites (tertiary alicyclic amines) is 1. The predicted octanol–water partition coefficient (Wildman–Crippen LogP) is 3.54. The summed E-state index contributed by atoms with van der Waals surface area (Å²) in [7, 11) is 0. The van der Waals surface area contributed by atoms with E-state index in [1.165, 1.54) is 6.42 Å². The first-order valence-corrected chi connectivity index (χ1v) is 7.27. The van der Waals surface area contributed by atoms with Crippen molar-refractivity contribution in [3.05, 3.63) is 0 Å². The van der Waals surface area contributed by atoms with E-state index in [1.54, 1.807) is 0 Å². The van der Waals surface area contributed by atoms with Gasteiger partial charge in [-0.05, 0) is 44.9 Å². The number of carbonyl (C=O) groups excluding carboxylic acids is 1. The average Bonchev–Trinajstić information content (AvgIpc) is 2.53. The highest BCUT2D eigenvalue weighted by Crippen LogP contribution is 2.27. The first-order valence-electron chi connectivity index (χ1n) is 6.74. The van der Waals surface area contributed by atoms with Crippen LogP contribution < -0.4 is 0 Å². The summed E-state index contributed by atoms with van der Waals surface area (Å²) in [5.41, 5.74) is -0.417. The number of hydrogen-bond acceptors (Lipinski definition) is 1. The van der Waals surface area contributed by atoms with Crippen LogP contribution in [0.25, 0.3) is 0 Å². The second-order valence-electron chi connectivity index (χ2n) is 6.24. The minimum Gasteiger partial charge on any atom is -0.342 e. The van der Waals surface area contributed by atoms with Gasteiger partial charge in [0.15, 0.2) is 0 Å². The molecule has 0 bridgehead atoms. The number of rotatable bonds is 3. The molecule has 1 unspecified atom stereocenters. The molecule has 17 heavy (non-hydrogen) atoms. The van der Waals surface area contributed by atoms with Crippen molar-refractivity contribution in [2.75, 3.05) is 19.0 Å². The van der Waals surface area contributed by atoms with Crippen molar-refractivity contribution in [1.29, 1.82) is 0 Å². The highest BCUT2D eigenvalue weighted by molar-refractivity contribution is 6.19. The van der Waals surface area contributed by atoms with Gasteiger partial charge in [0.1, 0.15) is 0 Å². The third-order valence-corrected chi connectivity index (χ3v) is 4.58. The Morgan fingerprint density at radius 2 is 2.00 bits per heavy atom. The fraction of sp³-hybridized carbons (Fsp3) is 0.929. The van der Waals surface area contributed by atoms with Gasteiger partial charge in [-0.3, -0.25) is 4.79 Å². The maximum absolute atomic E-state index is 12.3. The number of alkyl halides is 1. The third-order valence-electron chi connectivity index (χ3n) is 3.92. The maximum Gasteiger partial charge on any atom is 0.229 e. The molecule has 1 fully saturated rings. The summed E-state index contributed by atoms with van der Waals surface area (Å²) in [6, 6.07) is 0. The van der Waals surface area contributed by atoms with Gasteiger partial charge in [-0.1, -0.05) is 13.8 Å². The number of amides is 1. The molecular weight excluding hydrogens is 234 g/mol. The highest BCUT2D eigenvalue weighted by Gasteiger charge is 2.32. The number of halogens is 1. The van der Waals surface area contributed by atoms with Crippen molar-refractivity contribution in [3.63, 3.8) is 0 Å². The lowest BCUT2D eigenvalue weighted by Gasteiger charge is -2.30. The molecule has 1 rings (SSSR count). The lowest BCUT2D eigenvalue weighted by atomic mass is 9.89. The zero-order chi connectivity index (χ0) is 13.1. The van der Waals surface area contributed by atoms with Crippen LogP contribution in [0, 0.1) is 17.3 Å². The molecule has 1 heterocycles. The molecule has 0 spiro atoms. The summed E-state index contributed by atoms with van der Waals surface area (Å²) in [6.45, 7) is 10.3. The molecule has 0 saturated carbocycles. The fourth-order valence-electron chi connectivity index (χ4n) is 2.48. The number of nitrogens with zero attached hydrogens (tertiary/aromatic N) is 1. The van der Waals surface area contributed by atoms with E-state index in [2.05, 4.69) is 13.8 Å². The first kappa shape index (κ1) is 14.8. The van der Waals surface area contributed by atoms with Gasteiger partial charge in [-0.2, -0.15) is 0 Å². The van der Waals surface area contributed by atoms with Crippen LogP contribution in [-0.4, -0.2) is 29.8 Å². The smallest absolute Gasteiger partial charge is 0.229 e. The van der Waals surface area contributed by atoms with Gasteiger partial charge < -0.3 is 4.90 Å². The van der Waals surface area contributed by atoms with Crippen molar-refractivity contribution in [2.45, 2.75) is 47.0 Å². The second-order valence-corrected chi connectivity index (χ2v) is 6.51. The Morgan fingerprint density at radius 3 is 2.53 bits per heavy atom. The number of hydrogen-bond donors (Lipinski definition) is 0. The van der Waals surface area contributed by atoms with E-state index in [1.807, 2.05) is 18.7 Å². The van der Waals surface area contributed by atoms with Crippen LogP contribution in [0.5, 0.6) is 0 Å². The van der Waals surface area contributed by atoms with Crippen LogP contribution >= 0.6 is 11.6 Å². The standard InChI is InChI=1S/C14H26ClNO/c1-11(2)12-6-5-8-16(9-7-12)13(17)14(3,4)10-15/h11-12H,5-10H2,1-4H3. The average molecular weight is 260 g/mol. The Kier molecular flexibility index (Phi) is 5.30. The van der Waals surface area contributed by atoms with E-state index in [4.69, 9.17) is 11.6 Å². The van der Waals surface area contributed by atoms with Gasteiger partial charge in [0.2, 0.25) is 5.91 Å². The zero-order valence-corrected chi connectivity index (χ0v) is 12.4. The lowest BCUT2D eigenvalue weighted by Crippen LogP contribution is -2.42. The van der Waals surface area contributed by atoms with Crippen molar-refractivity contribution in [2.24, 2.45) is 17.3 Å². The molecule has 0 aromatic heterocycles. The summed E-state index contributed by atoms with van der Waals surface area (Å²) >= 11 is 5.88. The minimum atomic E-state index is -0.417.